The SMILES string of the molecule is CC(C)CCOCCN=C(N)NC(C)C. The first-order valence-corrected chi connectivity index (χ1v) is 5.66. The third kappa shape index (κ3) is 11.2. The molecular formula is C11H25N3O. The van der Waals surface area contributed by atoms with Crippen LogP contribution in [0.4, 0.5) is 0 Å². The van der Waals surface area contributed by atoms with Crippen LogP contribution in [0.1, 0.15) is 34.1 Å². The van der Waals surface area contributed by atoms with Crippen LogP contribution in [0.15, 0.2) is 4.99 Å². The average Bonchev–Trinajstić information content (AvgIpc) is 2.09. The van der Waals surface area contributed by atoms with Crippen molar-refractivity contribution >= 4 is 5.96 Å². The van der Waals surface area contributed by atoms with E-state index in [1.54, 1.807) is 0 Å². The van der Waals surface area contributed by atoms with Gasteiger partial charge < -0.3 is 15.8 Å². The van der Waals surface area contributed by atoms with Gasteiger partial charge in [0.2, 0.25) is 0 Å². The average molecular weight is 215 g/mol. The number of ether oxygens (including phenoxy) is 1. The number of aliphatic imine (C=N–C) groups is 1. The van der Waals surface area contributed by atoms with Crippen molar-refractivity contribution in [3.63, 3.8) is 0 Å². The Morgan fingerprint density at radius 1 is 1.27 bits per heavy atom. The number of hydrogen-bond acceptors (Lipinski definition) is 2. The van der Waals surface area contributed by atoms with E-state index in [9.17, 15) is 0 Å². The molecule has 0 spiro atoms. The van der Waals surface area contributed by atoms with Gasteiger partial charge in [-0.25, -0.2) is 0 Å². The summed E-state index contributed by atoms with van der Waals surface area (Å²) in [4.78, 5) is 4.14. The number of guanidine groups is 1. The Hall–Kier alpha value is -0.770. The highest BCUT2D eigenvalue weighted by atomic mass is 16.5. The van der Waals surface area contributed by atoms with Crippen molar-refractivity contribution in [3.05, 3.63) is 0 Å². The number of nitrogens with one attached hydrogen (secondary N) is 1. The van der Waals surface area contributed by atoms with Gasteiger partial charge in [-0.2, -0.15) is 0 Å². The second kappa shape index (κ2) is 8.53. The highest BCUT2D eigenvalue weighted by molar-refractivity contribution is 5.77. The lowest BCUT2D eigenvalue weighted by Crippen LogP contribution is -2.37. The molecule has 0 bridgehead atoms. The summed E-state index contributed by atoms with van der Waals surface area (Å²) < 4.78 is 5.41. The molecule has 0 rings (SSSR count). The lowest BCUT2D eigenvalue weighted by molar-refractivity contribution is 0.130. The van der Waals surface area contributed by atoms with Crippen LogP contribution >= 0.6 is 0 Å². The predicted molar refractivity (Wildman–Crippen MR) is 65.0 cm³/mol. The topological polar surface area (TPSA) is 59.6 Å². The lowest BCUT2D eigenvalue weighted by Gasteiger charge is -2.08. The number of hydrogen-bond donors (Lipinski definition) is 2. The molecule has 0 unspecified atom stereocenters. The number of nitrogens with zero attached hydrogens (tertiary/aromatic N) is 1. The third-order valence-electron chi connectivity index (χ3n) is 1.79. The minimum atomic E-state index is 0.329. The Kier molecular flexibility index (Phi) is 8.09. The Morgan fingerprint density at radius 2 is 1.93 bits per heavy atom. The van der Waals surface area contributed by atoms with Gasteiger partial charge in [0.15, 0.2) is 5.96 Å². The molecule has 15 heavy (non-hydrogen) atoms. The van der Waals surface area contributed by atoms with Crippen LogP contribution in [0.2, 0.25) is 0 Å². The highest BCUT2D eigenvalue weighted by Gasteiger charge is 1.95. The Balaban J connectivity index is 3.36. The van der Waals surface area contributed by atoms with Crippen LogP contribution in [0.5, 0.6) is 0 Å². The largest absolute Gasteiger partial charge is 0.380 e. The molecule has 0 saturated carbocycles. The summed E-state index contributed by atoms with van der Waals surface area (Å²) >= 11 is 0. The van der Waals surface area contributed by atoms with Crippen molar-refractivity contribution in [2.75, 3.05) is 19.8 Å². The summed E-state index contributed by atoms with van der Waals surface area (Å²) in [5.74, 6) is 1.19. The second-order valence-corrected chi connectivity index (χ2v) is 4.36. The summed E-state index contributed by atoms with van der Waals surface area (Å²) in [7, 11) is 0. The fourth-order valence-corrected chi connectivity index (χ4v) is 0.993. The van der Waals surface area contributed by atoms with Crippen LogP contribution in [-0.4, -0.2) is 31.8 Å². The van der Waals surface area contributed by atoms with E-state index in [0.29, 0.717) is 31.1 Å². The third-order valence-corrected chi connectivity index (χ3v) is 1.79. The molecular weight excluding hydrogens is 190 g/mol. The quantitative estimate of drug-likeness (QED) is 0.383. The van der Waals surface area contributed by atoms with Gasteiger partial charge in [0.1, 0.15) is 0 Å². The fraction of sp³-hybridized carbons (Fsp3) is 0.909. The van der Waals surface area contributed by atoms with Crippen molar-refractivity contribution < 1.29 is 4.74 Å². The molecule has 0 amide bonds. The molecule has 0 heterocycles. The van der Waals surface area contributed by atoms with Crippen molar-refractivity contribution in [1.29, 1.82) is 0 Å². The van der Waals surface area contributed by atoms with Gasteiger partial charge in [-0.3, -0.25) is 4.99 Å². The van der Waals surface area contributed by atoms with Crippen molar-refractivity contribution in [2.24, 2.45) is 16.6 Å². The molecule has 4 nitrogen and oxygen atoms in total. The molecule has 0 aliphatic carbocycles. The lowest BCUT2D eigenvalue weighted by atomic mass is 10.1. The van der Waals surface area contributed by atoms with Crippen molar-refractivity contribution in [3.8, 4) is 0 Å². The molecule has 3 N–H and O–H groups in total. The van der Waals surface area contributed by atoms with Crippen molar-refractivity contribution in [1.82, 2.24) is 5.32 Å². The molecule has 0 aliphatic heterocycles. The van der Waals surface area contributed by atoms with Crippen molar-refractivity contribution in [2.45, 2.75) is 40.2 Å². The van der Waals surface area contributed by atoms with Crippen LogP contribution < -0.4 is 11.1 Å². The van der Waals surface area contributed by atoms with E-state index in [2.05, 4.69) is 24.2 Å². The van der Waals surface area contributed by atoms with Crippen LogP contribution in [-0.2, 0) is 4.74 Å². The van der Waals surface area contributed by atoms with E-state index >= 15 is 0 Å². The molecule has 0 saturated heterocycles. The minimum absolute atomic E-state index is 0.329. The van der Waals surface area contributed by atoms with Gasteiger partial charge in [-0.1, -0.05) is 13.8 Å². The van der Waals surface area contributed by atoms with Crippen LogP contribution in [0, 0.1) is 5.92 Å². The summed E-state index contributed by atoms with van der Waals surface area (Å²) in [5.41, 5.74) is 5.62. The first-order chi connectivity index (χ1) is 7.02. The van der Waals surface area contributed by atoms with E-state index in [1.807, 2.05) is 13.8 Å². The zero-order valence-corrected chi connectivity index (χ0v) is 10.4. The van der Waals surface area contributed by atoms with E-state index in [1.165, 1.54) is 0 Å². The summed E-state index contributed by atoms with van der Waals surface area (Å²) in [6.45, 7) is 10.5. The first kappa shape index (κ1) is 14.2. The van der Waals surface area contributed by atoms with Gasteiger partial charge in [-0.15, -0.1) is 0 Å². The molecule has 0 radical (unpaired) electrons. The molecule has 0 aromatic heterocycles. The van der Waals surface area contributed by atoms with E-state index in [-0.39, 0.29) is 0 Å². The van der Waals surface area contributed by atoms with Gasteiger partial charge in [0, 0.05) is 12.6 Å². The molecule has 0 fully saturated rings. The van der Waals surface area contributed by atoms with E-state index in [4.69, 9.17) is 10.5 Å². The molecule has 0 aromatic rings. The number of nitrogens with two attached hydrogens (primary N) is 1. The zero-order valence-electron chi connectivity index (χ0n) is 10.4. The summed E-state index contributed by atoms with van der Waals surface area (Å²) in [6.07, 6.45) is 1.10. The monoisotopic (exact) mass is 215 g/mol. The van der Waals surface area contributed by atoms with Gasteiger partial charge >= 0.3 is 0 Å². The summed E-state index contributed by atoms with van der Waals surface area (Å²) in [6, 6.07) is 0.329. The Labute approximate surface area is 93.3 Å². The normalized spacial score (nSPS) is 12.5. The molecule has 0 atom stereocenters. The Bertz CT molecular complexity index is 179. The zero-order chi connectivity index (χ0) is 11.7. The first-order valence-electron chi connectivity index (χ1n) is 5.66. The molecule has 0 aromatic carbocycles. The van der Waals surface area contributed by atoms with Gasteiger partial charge in [0.25, 0.3) is 0 Å². The van der Waals surface area contributed by atoms with Gasteiger partial charge in [0.05, 0.1) is 13.2 Å². The molecule has 4 heteroatoms. The second-order valence-electron chi connectivity index (χ2n) is 4.36. The minimum Gasteiger partial charge on any atom is -0.380 e. The van der Waals surface area contributed by atoms with Gasteiger partial charge in [-0.05, 0) is 26.2 Å². The smallest absolute Gasteiger partial charge is 0.188 e. The maximum absolute atomic E-state index is 5.62. The van der Waals surface area contributed by atoms with Crippen LogP contribution in [0.3, 0.4) is 0 Å². The molecule has 0 aliphatic rings. The summed E-state index contributed by atoms with van der Waals surface area (Å²) in [5, 5.41) is 3.02. The maximum Gasteiger partial charge on any atom is 0.188 e. The standard InChI is InChI=1S/C11H25N3O/c1-9(2)5-7-15-8-6-13-11(12)14-10(3)4/h9-10H,5-8H2,1-4H3,(H3,12,13,14). The molecule has 90 valence electrons. The van der Waals surface area contributed by atoms with Crippen LogP contribution in [0.25, 0.3) is 0 Å². The fourth-order valence-electron chi connectivity index (χ4n) is 0.993. The predicted octanol–water partition coefficient (Wildman–Crippen LogP) is 1.36. The number of rotatable bonds is 7. The highest BCUT2D eigenvalue weighted by Crippen LogP contribution is 1.98. The Morgan fingerprint density at radius 3 is 2.47 bits per heavy atom. The van der Waals surface area contributed by atoms with E-state index in [0.717, 1.165) is 13.0 Å². The maximum atomic E-state index is 5.62. The van der Waals surface area contributed by atoms with E-state index < -0.39 is 0 Å².